The fourth-order valence-electron chi connectivity index (χ4n) is 6.14. The van der Waals surface area contributed by atoms with Gasteiger partial charge in [0, 0.05) is 31.7 Å². The minimum absolute atomic E-state index is 0.0334. The van der Waals surface area contributed by atoms with Gasteiger partial charge in [-0.1, -0.05) is 17.7 Å². The molecule has 1 amide bonds. The lowest BCUT2D eigenvalue weighted by Gasteiger charge is -2.36. The molecule has 2 aliphatic rings. The van der Waals surface area contributed by atoms with Crippen molar-refractivity contribution in [2.75, 3.05) is 34.5 Å². The quantitative estimate of drug-likeness (QED) is 0.287. The Morgan fingerprint density at radius 3 is 2.41 bits per heavy atom. The molecule has 6 rings (SSSR count). The molecule has 44 heavy (non-hydrogen) atoms. The highest BCUT2D eigenvalue weighted by Crippen LogP contribution is 2.37. The van der Waals surface area contributed by atoms with Crippen LogP contribution in [0, 0.1) is 13.8 Å². The number of sulfonamides is 1. The molecule has 0 aliphatic carbocycles. The van der Waals surface area contributed by atoms with Crippen LogP contribution < -0.4 is 25.4 Å². The van der Waals surface area contributed by atoms with Crippen molar-refractivity contribution in [3.05, 3.63) is 74.8 Å². The third-order valence-corrected chi connectivity index (χ3v) is 8.89. The molecule has 0 radical (unpaired) electrons. The largest absolute Gasteiger partial charge is 0.377 e. The zero-order valence-electron chi connectivity index (χ0n) is 24.9. The molecule has 2 fully saturated rings. The van der Waals surface area contributed by atoms with E-state index in [0.29, 0.717) is 23.4 Å². The predicted molar refractivity (Wildman–Crippen MR) is 169 cm³/mol. The van der Waals surface area contributed by atoms with E-state index in [1.54, 1.807) is 17.7 Å². The van der Waals surface area contributed by atoms with Gasteiger partial charge in [0.05, 0.1) is 53.0 Å². The summed E-state index contributed by atoms with van der Waals surface area (Å²) in [6.45, 7) is 7.11. The van der Waals surface area contributed by atoms with E-state index in [1.165, 1.54) is 6.07 Å². The van der Waals surface area contributed by atoms with Crippen LogP contribution in [0.15, 0.2) is 41.5 Å². The number of carbonyl (C=O) groups is 1. The predicted octanol–water partition coefficient (Wildman–Crippen LogP) is 2.72. The monoisotopic (exact) mass is 637 g/mol. The first-order chi connectivity index (χ1) is 20.8. The summed E-state index contributed by atoms with van der Waals surface area (Å²) in [4.78, 5) is 48.9. The highest BCUT2D eigenvalue weighted by Gasteiger charge is 2.45. The number of amides is 1. The number of aromatic nitrogens is 5. The zero-order valence-corrected chi connectivity index (χ0v) is 26.4. The molecule has 2 aliphatic heterocycles. The number of hydrogen-bond donors (Lipinski definition) is 2. The third kappa shape index (κ3) is 5.54. The number of nitrogens with one attached hydrogen (secondary N) is 2. The van der Waals surface area contributed by atoms with Crippen molar-refractivity contribution in [2.45, 2.75) is 45.3 Å². The number of carbonyl (C=O) groups excluding carboxylic acids is 1. The topological polar surface area (TPSA) is 155 Å². The fraction of sp³-hybridized carbons (Fsp3) is 0.379. The minimum Gasteiger partial charge on any atom is -0.377 e. The van der Waals surface area contributed by atoms with E-state index in [2.05, 4.69) is 30.1 Å². The van der Waals surface area contributed by atoms with E-state index < -0.39 is 22.0 Å². The first kappa shape index (κ1) is 29.8. The highest BCUT2D eigenvalue weighted by molar-refractivity contribution is 7.89. The SMILES string of the molecule is Cc1cc([C@@H](C)Nc2ccc(Cl)nc2C(=O)NS(C)(=O)=O)c2nc(N3C[C@H]4C[C@@H]3CN4c3cnc(C)nc3)n(C)c(=O)c2c1. The van der Waals surface area contributed by atoms with Crippen LogP contribution in [0.25, 0.3) is 10.9 Å². The summed E-state index contributed by atoms with van der Waals surface area (Å²) in [5.41, 5.74) is 3.09. The molecular weight excluding hydrogens is 606 g/mol. The number of benzene rings is 1. The molecule has 4 aromatic rings. The van der Waals surface area contributed by atoms with Crippen molar-refractivity contribution < 1.29 is 13.2 Å². The van der Waals surface area contributed by atoms with Gasteiger partial charge in [0.1, 0.15) is 11.0 Å². The second-order valence-corrected chi connectivity index (χ2v) is 13.6. The average Bonchev–Trinajstić information content (AvgIpc) is 3.56. The first-order valence-corrected chi connectivity index (χ1v) is 16.3. The molecule has 15 heteroatoms. The Bertz CT molecular complexity index is 1970. The van der Waals surface area contributed by atoms with Gasteiger partial charge in [-0.3, -0.25) is 14.2 Å². The van der Waals surface area contributed by atoms with Crippen LogP contribution >= 0.6 is 11.6 Å². The normalized spacial score (nSPS) is 18.6. The Hall–Kier alpha value is -4.30. The lowest BCUT2D eigenvalue weighted by Crippen LogP contribution is -2.48. The number of piperazine rings is 1. The van der Waals surface area contributed by atoms with E-state index in [4.69, 9.17) is 16.6 Å². The number of aryl methyl sites for hydroxylation is 2. The summed E-state index contributed by atoms with van der Waals surface area (Å²) >= 11 is 6.04. The van der Waals surface area contributed by atoms with E-state index >= 15 is 0 Å². The molecule has 3 atom stereocenters. The van der Waals surface area contributed by atoms with Crippen LogP contribution in [0.4, 0.5) is 17.3 Å². The molecule has 13 nitrogen and oxygen atoms in total. The van der Waals surface area contributed by atoms with Gasteiger partial charge in [-0.25, -0.2) is 33.1 Å². The molecule has 0 unspecified atom stereocenters. The van der Waals surface area contributed by atoms with E-state index in [9.17, 15) is 18.0 Å². The van der Waals surface area contributed by atoms with Crippen molar-refractivity contribution in [3.8, 4) is 0 Å². The Labute approximate surface area is 259 Å². The molecule has 2 saturated heterocycles. The van der Waals surface area contributed by atoms with Gasteiger partial charge in [0.2, 0.25) is 16.0 Å². The average molecular weight is 638 g/mol. The van der Waals surface area contributed by atoms with Crippen molar-refractivity contribution in [1.82, 2.24) is 29.2 Å². The van der Waals surface area contributed by atoms with Crippen LogP contribution in [0.5, 0.6) is 0 Å². The molecule has 1 aromatic carbocycles. The number of fused-ring (bicyclic) bond motifs is 3. The Morgan fingerprint density at radius 2 is 1.75 bits per heavy atom. The molecule has 0 spiro atoms. The van der Waals surface area contributed by atoms with Crippen LogP contribution in [0.3, 0.4) is 0 Å². The van der Waals surface area contributed by atoms with Gasteiger partial charge in [-0.15, -0.1) is 0 Å². The molecular formula is C29H32ClN9O4S. The Balaban J connectivity index is 1.35. The molecule has 5 heterocycles. The molecule has 2 N–H and O–H groups in total. The zero-order chi connectivity index (χ0) is 31.5. The third-order valence-electron chi connectivity index (χ3n) is 8.12. The van der Waals surface area contributed by atoms with Crippen LogP contribution in [0.1, 0.15) is 46.8 Å². The fourth-order valence-corrected chi connectivity index (χ4v) is 6.72. The first-order valence-electron chi connectivity index (χ1n) is 14.1. The van der Waals surface area contributed by atoms with Crippen molar-refractivity contribution in [2.24, 2.45) is 7.05 Å². The number of anilines is 3. The molecule has 3 aromatic heterocycles. The molecule has 0 saturated carbocycles. The maximum atomic E-state index is 13.7. The van der Waals surface area contributed by atoms with Crippen molar-refractivity contribution in [3.63, 3.8) is 0 Å². The van der Waals surface area contributed by atoms with Crippen molar-refractivity contribution in [1.29, 1.82) is 0 Å². The number of halogens is 1. The smallest absolute Gasteiger partial charge is 0.285 e. The van der Waals surface area contributed by atoms with Gasteiger partial charge in [0.25, 0.3) is 11.5 Å². The summed E-state index contributed by atoms with van der Waals surface area (Å²) < 4.78 is 27.0. The summed E-state index contributed by atoms with van der Waals surface area (Å²) in [6, 6.07) is 6.79. The van der Waals surface area contributed by atoms with Gasteiger partial charge < -0.3 is 15.1 Å². The summed E-state index contributed by atoms with van der Waals surface area (Å²) in [5, 5.41) is 3.77. The summed E-state index contributed by atoms with van der Waals surface area (Å²) in [6.07, 6.45) is 5.52. The number of pyridine rings is 1. The van der Waals surface area contributed by atoms with Gasteiger partial charge >= 0.3 is 0 Å². The Kier molecular flexibility index (Phi) is 7.44. The number of hydrogen-bond acceptors (Lipinski definition) is 11. The van der Waals surface area contributed by atoms with Gasteiger partial charge in [-0.05, 0) is 51.0 Å². The standard InChI is InChI=1S/C29H32ClN9O4S/c1-15-8-21(16(2)33-23-6-7-24(30)34-26(23)27(40)36-44(5,42)43)25-22(9-15)28(41)37(4)29(35-25)39-14-18-10-19(39)13-38(18)20-11-31-17(3)32-12-20/h6-9,11-12,16,18-19,33H,10,13-14H2,1-5H3,(H,36,40)/t16-,18-,19-/m1/s1. The maximum Gasteiger partial charge on any atom is 0.285 e. The van der Waals surface area contributed by atoms with Gasteiger partial charge in [0.15, 0.2) is 5.69 Å². The number of nitrogens with zero attached hydrogens (tertiary/aromatic N) is 7. The van der Waals surface area contributed by atoms with Crippen LogP contribution in [-0.2, 0) is 17.1 Å². The lowest BCUT2D eigenvalue weighted by molar-refractivity contribution is 0.0977. The lowest BCUT2D eigenvalue weighted by atomic mass is 10.0. The van der Waals surface area contributed by atoms with Crippen LogP contribution in [-0.4, -0.2) is 70.3 Å². The summed E-state index contributed by atoms with van der Waals surface area (Å²) in [5.74, 6) is 0.405. The van der Waals surface area contributed by atoms with E-state index in [-0.39, 0.29) is 34.2 Å². The summed E-state index contributed by atoms with van der Waals surface area (Å²) in [7, 11) is -2.09. The highest BCUT2D eigenvalue weighted by atomic mass is 35.5. The molecule has 2 bridgehead atoms. The maximum absolute atomic E-state index is 13.7. The van der Waals surface area contributed by atoms with E-state index in [1.807, 2.05) is 50.0 Å². The van der Waals surface area contributed by atoms with Gasteiger partial charge in [-0.2, -0.15) is 0 Å². The van der Waals surface area contributed by atoms with Crippen molar-refractivity contribution >= 4 is 55.8 Å². The second kappa shape index (κ2) is 11.0. The van der Waals surface area contributed by atoms with E-state index in [0.717, 1.165) is 41.9 Å². The number of rotatable bonds is 7. The molecule has 230 valence electrons. The second-order valence-electron chi connectivity index (χ2n) is 11.5. The minimum atomic E-state index is -3.83. The van der Waals surface area contributed by atoms with Crippen LogP contribution in [0.2, 0.25) is 5.15 Å². The Morgan fingerprint density at radius 1 is 1.07 bits per heavy atom.